The molecule has 2 N–H and O–H groups in total. The van der Waals surface area contributed by atoms with Gasteiger partial charge in [0.2, 0.25) is 0 Å². The Balaban J connectivity index is 1.66. The molecule has 0 radical (unpaired) electrons. The molecule has 0 bridgehead atoms. The Morgan fingerprint density at radius 2 is 1.82 bits per heavy atom. The summed E-state index contributed by atoms with van der Waals surface area (Å²) < 4.78 is 39.1. The molecule has 0 aliphatic rings. The number of aryl methyl sites for hydroxylation is 1. The summed E-state index contributed by atoms with van der Waals surface area (Å²) in [6.07, 6.45) is -3.23. The Kier molecular flexibility index (Phi) is 5.63. The predicted octanol–water partition coefficient (Wildman–Crippen LogP) is 5.27. The van der Waals surface area contributed by atoms with Gasteiger partial charge in [0.25, 0.3) is 5.91 Å². The van der Waals surface area contributed by atoms with Crippen LogP contribution in [0.5, 0.6) is 0 Å². The fourth-order valence-electron chi connectivity index (χ4n) is 2.68. The highest BCUT2D eigenvalue weighted by molar-refractivity contribution is 6.04. The third-order valence-corrected chi connectivity index (χ3v) is 4.06. The molecule has 144 valence electrons. The van der Waals surface area contributed by atoms with Gasteiger partial charge in [-0.25, -0.2) is 4.98 Å². The first kappa shape index (κ1) is 19.4. The smallest absolute Gasteiger partial charge is 0.366 e. The maximum absolute atomic E-state index is 13.0. The lowest BCUT2D eigenvalue weighted by Gasteiger charge is -2.13. The molecule has 1 heterocycles. The van der Waals surface area contributed by atoms with Crippen LogP contribution in [0.25, 0.3) is 0 Å². The molecule has 1 aromatic heterocycles. The van der Waals surface area contributed by atoms with E-state index < -0.39 is 17.6 Å². The van der Waals surface area contributed by atoms with Crippen LogP contribution in [0.1, 0.15) is 27.0 Å². The van der Waals surface area contributed by atoms with Gasteiger partial charge in [-0.1, -0.05) is 42.0 Å². The number of alkyl halides is 3. The van der Waals surface area contributed by atoms with Crippen LogP contribution in [0, 0.1) is 6.92 Å². The number of carbonyl (C=O) groups excluding carboxylic acids is 1. The van der Waals surface area contributed by atoms with E-state index in [2.05, 4.69) is 15.6 Å². The first-order chi connectivity index (χ1) is 13.3. The third-order valence-electron chi connectivity index (χ3n) is 4.06. The van der Waals surface area contributed by atoms with E-state index in [0.29, 0.717) is 12.4 Å². The zero-order valence-electron chi connectivity index (χ0n) is 15.0. The normalized spacial score (nSPS) is 11.1. The van der Waals surface area contributed by atoms with Crippen molar-refractivity contribution < 1.29 is 18.0 Å². The summed E-state index contributed by atoms with van der Waals surface area (Å²) in [5.41, 5.74) is 1.22. The van der Waals surface area contributed by atoms with Crippen molar-refractivity contribution in [2.75, 3.05) is 10.6 Å². The molecule has 0 fully saturated rings. The van der Waals surface area contributed by atoms with Crippen LogP contribution in [-0.2, 0) is 12.7 Å². The molecule has 4 nitrogen and oxygen atoms in total. The Labute approximate surface area is 160 Å². The molecule has 2 aromatic carbocycles. The highest BCUT2D eigenvalue weighted by atomic mass is 19.4. The Morgan fingerprint density at radius 3 is 2.50 bits per heavy atom. The number of pyridine rings is 1. The molecule has 0 saturated carbocycles. The monoisotopic (exact) mass is 385 g/mol. The van der Waals surface area contributed by atoms with Crippen molar-refractivity contribution in [2.24, 2.45) is 0 Å². The number of carbonyl (C=O) groups is 1. The first-order valence-corrected chi connectivity index (χ1v) is 8.56. The third kappa shape index (κ3) is 4.88. The van der Waals surface area contributed by atoms with Gasteiger partial charge in [0.05, 0.1) is 16.8 Å². The number of hydrogen-bond donors (Lipinski definition) is 2. The van der Waals surface area contributed by atoms with E-state index in [-0.39, 0.29) is 11.3 Å². The number of hydrogen-bond acceptors (Lipinski definition) is 3. The minimum atomic E-state index is -4.55. The number of benzene rings is 2. The number of nitrogens with zero attached hydrogens (tertiary/aromatic N) is 1. The molecule has 0 aliphatic carbocycles. The number of nitrogens with one attached hydrogen (secondary N) is 2. The van der Waals surface area contributed by atoms with Gasteiger partial charge in [-0.2, -0.15) is 13.2 Å². The largest absolute Gasteiger partial charge is 0.418 e. The van der Waals surface area contributed by atoms with Crippen LogP contribution < -0.4 is 10.6 Å². The molecule has 3 rings (SSSR count). The number of anilines is 2. The van der Waals surface area contributed by atoms with E-state index in [4.69, 9.17) is 0 Å². The fraction of sp³-hybridized carbons (Fsp3) is 0.143. The lowest BCUT2D eigenvalue weighted by Crippen LogP contribution is -2.17. The summed E-state index contributed by atoms with van der Waals surface area (Å²) in [5.74, 6) is -0.0943. The van der Waals surface area contributed by atoms with Crippen molar-refractivity contribution in [3.8, 4) is 0 Å². The molecule has 28 heavy (non-hydrogen) atoms. The van der Waals surface area contributed by atoms with Crippen molar-refractivity contribution >= 4 is 17.4 Å². The van der Waals surface area contributed by atoms with Crippen molar-refractivity contribution in [1.82, 2.24) is 4.98 Å². The molecule has 7 heteroatoms. The highest BCUT2D eigenvalue weighted by Crippen LogP contribution is 2.34. The predicted molar refractivity (Wildman–Crippen MR) is 102 cm³/mol. The highest BCUT2D eigenvalue weighted by Gasteiger charge is 2.33. The number of para-hydroxylation sites is 1. The molecule has 0 atom stereocenters. The number of rotatable bonds is 5. The Hall–Kier alpha value is -3.35. The van der Waals surface area contributed by atoms with Crippen LogP contribution in [0.2, 0.25) is 0 Å². The van der Waals surface area contributed by atoms with E-state index in [9.17, 15) is 18.0 Å². The maximum Gasteiger partial charge on any atom is 0.418 e. The quantitative estimate of drug-likeness (QED) is 0.629. The molecule has 0 unspecified atom stereocenters. The van der Waals surface area contributed by atoms with E-state index >= 15 is 0 Å². The zero-order chi connectivity index (χ0) is 20.1. The van der Waals surface area contributed by atoms with Gasteiger partial charge >= 0.3 is 6.18 Å². The molecule has 0 aliphatic heterocycles. The van der Waals surface area contributed by atoms with Crippen molar-refractivity contribution in [1.29, 1.82) is 0 Å². The second-order valence-electron chi connectivity index (χ2n) is 6.27. The van der Waals surface area contributed by atoms with E-state index in [1.165, 1.54) is 30.5 Å². The maximum atomic E-state index is 13.0. The topological polar surface area (TPSA) is 54.0 Å². The molecular weight excluding hydrogens is 367 g/mol. The van der Waals surface area contributed by atoms with Gasteiger partial charge in [0.15, 0.2) is 0 Å². The summed E-state index contributed by atoms with van der Waals surface area (Å²) in [4.78, 5) is 16.4. The Bertz CT molecular complexity index is 969. The SMILES string of the molecule is Cc1cccc(CNc2ccc(C(=O)Nc3ccccc3C(F)(F)F)cn2)c1. The minimum Gasteiger partial charge on any atom is -0.366 e. The molecule has 0 saturated heterocycles. The summed E-state index contributed by atoms with van der Waals surface area (Å²) in [6.45, 7) is 2.57. The summed E-state index contributed by atoms with van der Waals surface area (Å²) in [5, 5.41) is 5.44. The number of halogens is 3. The van der Waals surface area contributed by atoms with Gasteiger partial charge in [0.1, 0.15) is 5.82 Å². The van der Waals surface area contributed by atoms with Crippen LogP contribution in [0.15, 0.2) is 66.9 Å². The Morgan fingerprint density at radius 1 is 1.04 bits per heavy atom. The summed E-state index contributed by atoms with van der Waals surface area (Å²) >= 11 is 0. The second kappa shape index (κ2) is 8.12. The first-order valence-electron chi connectivity index (χ1n) is 8.56. The van der Waals surface area contributed by atoms with Gasteiger partial charge < -0.3 is 10.6 Å². The lowest BCUT2D eigenvalue weighted by atomic mass is 10.1. The van der Waals surface area contributed by atoms with Gasteiger partial charge in [-0.15, -0.1) is 0 Å². The average molecular weight is 385 g/mol. The average Bonchev–Trinajstić information content (AvgIpc) is 2.66. The van der Waals surface area contributed by atoms with Crippen LogP contribution in [-0.4, -0.2) is 10.9 Å². The summed E-state index contributed by atoms with van der Waals surface area (Å²) in [6, 6.07) is 16.0. The lowest BCUT2D eigenvalue weighted by molar-refractivity contribution is -0.136. The van der Waals surface area contributed by atoms with Crippen LogP contribution in [0.4, 0.5) is 24.7 Å². The summed E-state index contributed by atoms with van der Waals surface area (Å²) in [7, 11) is 0. The van der Waals surface area contributed by atoms with Crippen molar-refractivity contribution in [2.45, 2.75) is 19.6 Å². The zero-order valence-corrected chi connectivity index (χ0v) is 15.0. The molecule has 3 aromatic rings. The number of aromatic nitrogens is 1. The second-order valence-corrected chi connectivity index (χ2v) is 6.27. The molecule has 0 spiro atoms. The van der Waals surface area contributed by atoms with E-state index in [1.54, 1.807) is 6.07 Å². The van der Waals surface area contributed by atoms with E-state index in [0.717, 1.165) is 17.2 Å². The van der Waals surface area contributed by atoms with Gasteiger partial charge in [-0.3, -0.25) is 4.79 Å². The van der Waals surface area contributed by atoms with E-state index in [1.807, 2.05) is 31.2 Å². The fourth-order valence-corrected chi connectivity index (χ4v) is 2.68. The van der Waals surface area contributed by atoms with Gasteiger partial charge in [0, 0.05) is 12.7 Å². The van der Waals surface area contributed by atoms with Gasteiger partial charge in [-0.05, 0) is 36.8 Å². The van der Waals surface area contributed by atoms with Crippen molar-refractivity contribution in [3.05, 3.63) is 89.1 Å². The van der Waals surface area contributed by atoms with Crippen molar-refractivity contribution in [3.63, 3.8) is 0 Å². The minimum absolute atomic E-state index is 0.165. The number of amides is 1. The molecule has 1 amide bonds. The molecular formula is C21H18F3N3O. The van der Waals surface area contributed by atoms with Crippen LogP contribution in [0.3, 0.4) is 0 Å². The van der Waals surface area contributed by atoms with Crippen LogP contribution >= 0.6 is 0 Å². The standard InChI is InChI=1S/C21H18F3N3O/c1-14-5-4-6-15(11-14)12-25-19-10-9-16(13-26-19)20(28)27-18-8-3-2-7-17(18)21(22,23)24/h2-11,13H,12H2,1H3,(H,25,26)(H,27,28).